The summed E-state index contributed by atoms with van der Waals surface area (Å²) in [5.74, 6) is -0.215. The Morgan fingerprint density at radius 3 is 2.69 bits per heavy atom. The van der Waals surface area contributed by atoms with Crippen LogP contribution in [0.3, 0.4) is 0 Å². The SMILES string of the molecule is CC(=O)Nc1cc(Cl)c(C)cc1O. The van der Waals surface area contributed by atoms with Crippen LogP contribution in [0.2, 0.25) is 5.02 Å². The standard InChI is InChI=1S/C9H10ClNO2/c1-5-3-9(13)8(4-7(5)10)11-6(2)12/h3-4,13H,1-2H3,(H,11,12). The van der Waals surface area contributed by atoms with E-state index in [-0.39, 0.29) is 11.7 Å². The summed E-state index contributed by atoms with van der Waals surface area (Å²) >= 11 is 5.81. The normalized spacial score (nSPS) is 9.77. The van der Waals surface area contributed by atoms with Gasteiger partial charge in [0.15, 0.2) is 0 Å². The Morgan fingerprint density at radius 2 is 2.15 bits per heavy atom. The molecule has 0 spiro atoms. The second kappa shape index (κ2) is 3.66. The van der Waals surface area contributed by atoms with E-state index in [4.69, 9.17) is 11.6 Å². The van der Waals surface area contributed by atoms with E-state index in [2.05, 4.69) is 5.32 Å². The number of nitrogens with one attached hydrogen (secondary N) is 1. The average Bonchev–Trinajstić information content (AvgIpc) is 1.99. The molecule has 3 nitrogen and oxygen atoms in total. The van der Waals surface area contributed by atoms with Crippen LogP contribution in [0.5, 0.6) is 5.75 Å². The molecule has 2 N–H and O–H groups in total. The summed E-state index contributed by atoms with van der Waals surface area (Å²) in [4.78, 5) is 10.7. The van der Waals surface area contributed by atoms with E-state index in [1.165, 1.54) is 19.1 Å². The number of rotatable bonds is 1. The summed E-state index contributed by atoms with van der Waals surface area (Å²) in [6, 6.07) is 3.03. The van der Waals surface area contributed by atoms with E-state index in [0.717, 1.165) is 5.56 Å². The predicted molar refractivity (Wildman–Crippen MR) is 52.2 cm³/mol. The monoisotopic (exact) mass is 199 g/mol. The molecule has 0 atom stereocenters. The van der Waals surface area contributed by atoms with Gasteiger partial charge in [-0.15, -0.1) is 0 Å². The van der Waals surface area contributed by atoms with Gasteiger partial charge in [-0.2, -0.15) is 0 Å². The third kappa shape index (κ3) is 2.36. The van der Waals surface area contributed by atoms with Gasteiger partial charge in [0, 0.05) is 11.9 Å². The molecule has 0 bridgehead atoms. The number of phenols is 1. The molecule has 0 saturated heterocycles. The molecular weight excluding hydrogens is 190 g/mol. The minimum absolute atomic E-state index is 0.0251. The van der Waals surface area contributed by atoms with Crippen LogP contribution in [0.15, 0.2) is 12.1 Å². The Kier molecular flexibility index (Phi) is 2.78. The van der Waals surface area contributed by atoms with Gasteiger partial charge in [0.05, 0.1) is 5.69 Å². The summed E-state index contributed by atoms with van der Waals surface area (Å²) in [6.07, 6.45) is 0. The number of phenolic OH excluding ortho intramolecular Hbond substituents is 1. The maximum absolute atomic E-state index is 10.7. The van der Waals surface area contributed by atoms with Crippen LogP contribution in [-0.4, -0.2) is 11.0 Å². The smallest absolute Gasteiger partial charge is 0.221 e. The van der Waals surface area contributed by atoms with E-state index in [9.17, 15) is 9.90 Å². The van der Waals surface area contributed by atoms with Crippen molar-refractivity contribution in [2.24, 2.45) is 0 Å². The highest BCUT2D eigenvalue weighted by molar-refractivity contribution is 6.31. The van der Waals surface area contributed by atoms with Crippen molar-refractivity contribution >= 4 is 23.2 Å². The molecule has 1 rings (SSSR count). The molecule has 0 heterocycles. The average molecular weight is 200 g/mol. The highest BCUT2D eigenvalue weighted by Crippen LogP contribution is 2.29. The number of anilines is 1. The van der Waals surface area contributed by atoms with Crippen molar-refractivity contribution < 1.29 is 9.90 Å². The lowest BCUT2D eigenvalue weighted by molar-refractivity contribution is -0.114. The van der Waals surface area contributed by atoms with Gasteiger partial charge in [-0.1, -0.05) is 11.6 Å². The maximum Gasteiger partial charge on any atom is 0.221 e. The predicted octanol–water partition coefficient (Wildman–Crippen LogP) is 2.31. The molecule has 0 fully saturated rings. The molecule has 0 aliphatic carbocycles. The van der Waals surface area contributed by atoms with Crippen molar-refractivity contribution in [2.45, 2.75) is 13.8 Å². The zero-order valence-electron chi connectivity index (χ0n) is 7.39. The number of carbonyl (C=O) groups is 1. The summed E-state index contributed by atoms with van der Waals surface area (Å²) < 4.78 is 0. The van der Waals surface area contributed by atoms with Gasteiger partial charge in [0.2, 0.25) is 5.91 Å². The van der Waals surface area contributed by atoms with Gasteiger partial charge >= 0.3 is 0 Å². The lowest BCUT2D eigenvalue weighted by Crippen LogP contribution is -2.05. The van der Waals surface area contributed by atoms with Crippen molar-refractivity contribution in [3.63, 3.8) is 0 Å². The molecule has 13 heavy (non-hydrogen) atoms. The lowest BCUT2D eigenvalue weighted by atomic mass is 10.2. The number of carbonyl (C=O) groups excluding carboxylic acids is 1. The fourth-order valence-electron chi connectivity index (χ4n) is 0.956. The molecular formula is C9H10ClNO2. The van der Waals surface area contributed by atoms with Crippen LogP contribution in [0.25, 0.3) is 0 Å². The van der Waals surface area contributed by atoms with Gasteiger partial charge in [-0.3, -0.25) is 4.79 Å². The Balaban J connectivity index is 3.08. The third-order valence-electron chi connectivity index (χ3n) is 1.59. The first kappa shape index (κ1) is 9.86. The highest BCUT2D eigenvalue weighted by Gasteiger charge is 2.05. The molecule has 0 aromatic heterocycles. The molecule has 70 valence electrons. The van der Waals surface area contributed by atoms with Crippen molar-refractivity contribution in [1.82, 2.24) is 0 Å². The zero-order valence-corrected chi connectivity index (χ0v) is 8.14. The van der Waals surface area contributed by atoms with Crippen LogP contribution in [0.4, 0.5) is 5.69 Å². The molecule has 1 aromatic carbocycles. The number of aromatic hydroxyl groups is 1. The molecule has 0 radical (unpaired) electrons. The minimum Gasteiger partial charge on any atom is -0.506 e. The van der Waals surface area contributed by atoms with Gasteiger partial charge < -0.3 is 10.4 Å². The quantitative estimate of drug-likeness (QED) is 0.682. The maximum atomic E-state index is 10.7. The Hall–Kier alpha value is -1.22. The number of halogens is 1. The van der Waals surface area contributed by atoms with Crippen LogP contribution in [-0.2, 0) is 4.79 Å². The van der Waals surface area contributed by atoms with Crippen LogP contribution in [0.1, 0.15) is 12.5 Å². The van der Waals surface area contributed by atoms with Crippen molar-refractivity contribution in [3.8, 4) is 5.75 Å². The fourth-order valence-corrected chi connectivity index (χ4v) is 1.12. The number of hydrogen-bond acceptors (Lipinski definition) is 2. The molecule has 0 saturated carbocycles. The number of aryl methyl sites for hydroxylation is 1. The van der Waals surface area contributed by atoms with Crippen molar-refractivity contribution in [1.29, 1.82) is 0 Å². The first-order chi connectivity index (χ1) is 6.00. The highest BCUT2D eigenvalue weighted by atomic mass is 35.5. The van der Waals surface area contributed by atoms with Gasteiger partial charge in [0.1, 0.15) is 5.75 Å². The fraction of sp³-hybridized carbons (Fsp3) is 0.222. The Bertz CT molecular complexity index is 350. The lowest BCUT2D eigenvalue weighted by Gasteiger charge is -2.07. The second-order valence-corrected chi connectivity index (χ2v) is 3.21. The van der Waals surface area contributed by atoms with Crippen molar-refractivity contribution in [3.05, 3.63) is 22.7 Å². The minimum atomic E-state index is -0.241. The second-order valence-electron chi connectivity index (χ2n) is 2.80. The van der Waals surface area contributed by atoms with Crippen LogP contribution in [0, 0.1) is 6.92 Å². The number of hydrogen-bond donors (Lipinski definition) is 2. The van der Waals surface area contributed by atoms with Crippen molar-refractivity contribution in [2.75, 3.05) is 5.32 Å². The van der Waals surface area contributed by atoms with Gasteiger partial charge in [-0.05, 0) is 24.6 Å². The van der Waals surface area contributed by atoms with E-state index >= 15 is 0 Å². The van der Waals surface area contributed by atoms with Gasteiger partial charge in [0.25, 0.3) is 0 Å². The van der Waals surface area contributed by atoms with E-state index in [1.807, 2.05) is 0 Å². The summed E-state index contributed by atoms with van der Waals surface area (Å²) in [5, 5.41) is 12.4. The van der Waals surface area contributed by atoms with E-state index < -0.39 is 0 Å². The largest absolute Gasteiger partial charge is 0.506 e. The molecule has 0 unspecified atom stereocenters. The Morgan fingerprint density at radius 1 is 1.54 bits per heavy atom. The van der Waals surface area contributed by atoms with Crippen LogP contribution < -0.4 is 5.32 Å². The number of amides is 1. The topological polar surface area (TPSA) is 49.3 Å². The van der Waals surface area contributed by atoms with Gasteiger partial charge in [-0.25, -0.2) is 0 Å². The molecule has 1 aromatic rings. The summed E-state index contributed by atoms with van der Waals surface area (Å²) in [5.41, 5.74) is 1.11. The first-order valence-electron chi connectivity index (χ1n) is 3.77. The summed E-state index contributed by atoms with van der Waals surface area (Å²) in [6.45, 7) is 3.15. The Labute approximate surface area is 81.3 Å². The first-order valence-corrected chi connectivity index (χ1v) is 4.15. The summed E-state index contributed by atoms with van der Waals surface area (Å²) in [7, 11) is 0. The zero-order chi connectivity index (χ0) is 10.0. The molecule has 1 amide bonds. The molecule has 4 heteroatoms. The van der Waals surface area contributed by atoms with E-state index in [0.29, 0.717) is 10.7 Å². The van der Waals surface area contributed by atoms with E-state index in [1.54, 1.807) is 6.92 Å². The molecule has 0 aliphatic heterocycles. The third-order valence-corrected chi connectivity index (χ3v) is 1.99. The number of benzene rings is 1. The van der Waals surface area contributed by atoms with Crippen LogP contribution >= 0.6 is 11.6 Å². The molecule has 0 aliphatic rings.